The number of hydrogen-bond donors (Lipinski definition) is 2. The van der Waals surface area contributed by atoms with E-state index in [-0.39, 0.29) is 11.6 Å². The van der Waals surface area contributed by atoms with E-state index in [1.807, 2.05) is 0 Å². The van der Waals surface area contributed by atoms with Gasteiger partial charge < -0.3 is 11.1 Å². The van der Waals surface area contributed by atoms with Crippen molar-refractivity contribution in [2.75, 3.05) is 13.1 Å². The van der Waals surface area contributed by atoms with Crippen LogP contribution in [0.2, 0.25) is 0 Å². The fourth-order valence-electron chi connectivity index (χ4n) is 1.53. The smallest absolute Gasteiger partial charge is 0.263 e. The summed E-state index contributed by atoms with van der Waals surface area (Å²) in [7, 11) is 0. The van der Waals surface area contributed by atoms with Gasteiger partial charge in [-0.15, -0.1) is 0 Å². The standard InChI is InChI=1S/C12H18F2N2/c1-2-7-16-11(8-15)9-3-5-10(6-4-9)12(13)14/h3-6,11-12,16H,2,7-8,15H2,1H3. The topological polar surface area (TPSA) is 38.0 Å². The van der Waals surface area contributed by atoms with Gasteiger partial charge in [0.1, 0.15) is 0 Å². The van der Waals surface area contributed by atoms with Gasteiger partial charge in [0, 0.05) is 18.2 Å². The summed E-state index contributed by atoms with van der Waals surface area (Å²) in [5.41, 5.74) is 6.64. The second-order valence-electron chi connectivity index (χ2n) is 3.71. The van der Waals surface area contributed by atoms with Crippen LogP contribution in [-0.4, -0.2) is 13.1 Å². The summed E-state index contributed by atoms with van der Waals surface area (Å²) in [6, 6.07) is 6.38. The minimum atomic E-state index is -2.41. The van der Waals surface area contributed by atoms with Crippen LogP contribution in [0.1, 0.15) is 36.9 Å². The maximum absolute atomic E-state index is 12.3. The highest BCUT2D eigenvalue weighted by Crippen LogP contribution is 2.20. The number of rotatable bonds is 6. The molecular formula is C12H18F2N2. The van der Waals surface area contributed by atoms with Crippen molar-refractivity contribution in [3.8, 4) is 0 Å². The zero-order chi connectivity index (χ0) is 12.0. The van der Waals surface area contributed by atoms with Crippen LogP contribution in [0.5, 0.6) is 0 Å². The van der Waals surface area contributed by atoms with Gasteiger partial charge in [0.25, 0.3) is 6.43 Å². The Labute approximate surface area is 94.8 Å². The molecule has 0 spiro atoms. The number of alkyl halides is 2. The molecule has 0 saturated carbocycles. The summed E-state index contributed by atoms with van der Waals surface area (Å²) in [6.45, 7) is 3.41. The third-order valence-corrected chi connectivity index (χ3v) is 2.47. The Bertz CT molecular complexity index is 298. The molecule has 0 aliphatic rings. The molecule has 4 heteroatoms. The summed E-state index contributed by atoms with van der Waals surface area (Å²) in [4.78, 5) is 0. The number of halogens is 2. The second kappa shape index (κ2) is 6.55. The molecule has 0 fully saturated rings. The first-order valence-corrected chi connectivity index (χ1v) is 5.50. The first-order chi connectivity index (χ1) is 7.69. The molecular weight excluding hydrogens is 210 g/mol. The van der Waals surface area contributed by atoms with Crippen molar-refractivity contribution in [1.82, 2.24) is 5.32 Å². The summed E-state index contributed by atoms with van der Waals surface area (Å²) in [5.74, 6) is 0. The molecule has 1 unspecified atom stereocenters. The van der Waals surface area contributed by atoms with E-state index in [1.165, 1.54) is 12.1 Å². The number of benzene rings is 1. The fraction of sp³-hybridized carbons (Fsp3) is 0.500. The SMILES string of the molecule is CCCNC(CN)c1ccc(C(F)F)cc1. The van der Waals surface area contributed by atoms with Crippen LogP contribution in [0.4, 0.5) is 8.78 Å². The van der Waals surface area contributed by atoms with Crippen molar-refractivity contribution in [2.24, 2.45) is 5.73 Å². The lowest BCUT2D eigenvalue weighted by atomic mass is 10.0. The lowest BCUT2D eigenvalue weighted by Gasteiger charge is -2.17. The fourth-order valence-corrected chi connectivity index (χ4v) is 1.53. The molecule has 1 aromatic rings. The Morgan fingerprint density at radius 2 is 1.75 bits per heavy atom. The average molecular weight is 228 g/mol. The van der Waals surface area contributed by atoms with Gasteiger partial charge in [-0.3, -0.25) is 0 Å². The van der Waals surface area contributed by atoms with Crippen LogP contribution in [0, 0.1) is 0 Å². The molecule has 2 nitrogen and oxygen atoms in total. The predicted molar refractivity (Wildman–Crippen MR) is 61.5 cm³/mol. The first kappa shape index (κ1) is 13.1. The molecule has 1 aromatic carbocycles. The summed E-state index contributed by atoms with van der Waals surface area (Å²) in [6.07, 6.45) is -1.39. The monoisotopic (exact) mass is 228 g/mol. The lowest BCUT2D eigenvalue weighted by Crippen LogP contribution is -2.28. The number of nitrogens with one attached hydrogen (secondary N) is 1. The first-order valence-electron chi connectivity index (χ1n) is 5.50. The Hall–Kier alpha value is -1.00. The van der Waals surface area contributed by atoms with Gasteiger partial charge in [0.05, 0.1) is 0 Å². The van der Waals surface area contributed by atoms with E-state index < -0.39 is 6.43 Å². The highest BCUT2D eigenvalue weighted by Gasteiger charge is 2.10. The van der Waals surface area contributed by atoms with E-state index in [9.17, 15) is 8.78 Å². The minimum absolute atomic E-state index is 0.0478. The largest absolute Gasteiger partial charge is 0.329 e. The van der Waals surface area contributed by atoms with Crippen molar-refractivity contribution >= 4 is 0 Å². The Morgan fingerprint density at radius 3 is 2.19 bits per heavy atom. The molecule has 0 radical (unpaired) electrons. The molecule has 90 valence electrons. The van der Waals surface area contributed by atoms with Gasteiger partial charge in [0.2, 0.25) is 0 Å². The molecule has 16 heavy (non-hydrogen) atoms. The normalized spacial score (nSPS) is 13.1. The van der Waals surface area contributed by atoms with E-state index in [0.29, 0.717) is 6.54 Å². The highest BCUT2D eigenvalue weighted by atomic mass is 19.3. The van der Waals surface area contributed by atoms with E-state index in [1.54, 1.807) is 12.1 Å². The molecule has 0 aromatic heterocycles. The van der Waals surface area contributed by atoms with Crippen LogP contribution >= 0.6 is 0 Å². The number of hydrogen-bond acceptors (Lipinski definition) is 2. The van der Waals surface area contributed by atoms with Crippen LogP contribution in [0.15, 0.2) is 24.3 Å². The van der Waals surface area contributed by atoms with Gasteiger partial charge in [-0.1, -0.05) is 31.2 Å². The molecule has 1 rings (SSSR count). The lowest BCUT2D eigenvalue weighted by molar-refractivity contribution is 0.151. The van der Waals surface area contributed by atoms with Crippen LogP contribution < -0.4 is 11.1 Å². The maximum Gasteiger partial charge on any atom is 0.263 e. The van der Waals surface area contributed by atoms with Crippen molar-refractivity contribution in [3.63, 3.8) is 0 Å². The van der Waals surface area contributed by atoms with Gasteiger partial charge >= 0.3 is 0 Å². The van der Waals surface area contributed by atoms with Crippen LogP contribution in [0.3, 0.4) is 0 Å². The van der Waals surface area contributed by atoms with Gasteiger partial charge in [-0.25, -0.2) is 8.78 Å². The van der Waals surface area contributed by atoms with Gasteiger partial charge in [0.15, 0.2) is 0 Å². The molecule has 0 bridgehead atoms. The average Bonchev–Trinajstić information content (AvgIpc) is 2.30. The molecule has 3 N–H and O–H groups in total. The van der Waals surface area contributed by atoms with Crippen LogP contribution in [0.25, 0.3) is 0 Å². The molecule has 0 aliphatic heterocycles. The third kappa shape index (κ3) is 3.54. The van der Waals surface area contributed by atoms with Gasteiger partial charge in [-0.2, -0.15) is 0 Å². The summed E-state index contributed by atoms with van der Waals surface area (Å²) >= 11 is 0. The van der Waals surface area contributed by atoms with Crippen molar-refractivity contribution in [3.05, 3.63) is 35.4 Å². The molecule has 0 saturated heterocycles. The quantitative estimate of drug-likeness (QED) is 0.785. The van der Waals surface area contributed by atoms with E-state index in [2.05, 4.69) is 12.2 Å². The molecule has 1 atom stereocenters. The van der Waals surface area contributed by atoms with Crippen molar-refractivity contribution in [2.45, 2.75) is 25.8 Å². The number of nitrogens with two attached hydrogens (primary N) is 1. The summed E-state index contributed by atoms with van der Waals surface area (Å²) < 4.78 is 24.7. The van der Waals surface area contributed by atoms with Crippen LogP contribution in [-0.2, 0) is 0 Å². The Kier molecular flexibility index (Phi) is 5.35. The zero-order valence-electron chi connectivity index (χ0n) is 9.42. The Morgan fingerprint density at radius 1 is 1.19 bits per heavy atom. The molecule has 0 aliphatic carbocycles. The zero-order valence-corrected chi connectivity index (χ0v) is 9.42. The van der Waals surface area contributed by atoms with E-state index in [0.717, 1.165) is 18.5 Å². The van der Waals surface area contributed by atoms with Gasteiger partial charge in [-0.05, 0) is 18.5 Å². The Balaban J connectivity index is 2.70. The highest BCUT2D eigenvalue weighted by molar-refractivity contribution is 5.25. The third-order valence-electron chi connectivity index (χ3n) is 2.47. The van der Waals surface area contributed by atoms with E-state index in [4.69, 9.17) is 5.73 Å². The van der Waals surface area contributed by atoms with E-state index >= 15 is 0 Å². The molecule has 0 amide bonds. The minimum Gasteiger partial charge on any atom is -0.329 e. The predicted octanol–water partition coefficient (Wildman–Crippen LogP) is 2.62. The maximum atomic E-state index is 12.3. The second-order valence-corrected chi connectivity index (χ2v) is 3.71. The van der Waals surface area contributed by atoms with Crippen molar-refractivity contribution < 1.29 is 8.78 Å². The molecule has 0 heterocycles. The van der Waals surface area contributed by atoms with Crippen molar-refractivity contribution in [1.29, 1.82) is 0 Å². The summed E-state index contributed by atoms with van der Waals surface area (Å²) in [5, 5.41) is 3.27.